The van der Waals surface area contributed by atoms with Crippen LogP contribution in [0.4, 0.5) is 11.4 Å². The lowest BCUT2D eigenvalue weighted by molar-refractivity contribution is -0.384. The summed E-state index contributed by atoms with van der Waals surface area (Å²) in [5.41, 5.74) is 0.0375. The molecule has 0 fully saturated rings. The SMILES string of the molecule is O=C(O)C[C@@H](NCc1ccco1)C(=O)Nc1cccc([N+](=O)[O-])c1. The monoisotopic (exact) mass is 333 g/mol. The van der Waals surface area contributed by atoms with Crippen LogP contribution in [0.1, 0.15) is 12.2 Å². The van der Waals surface area contributed by atoms with Gasteiger partial charge >= 0.3 is 5.97 Å². The zero-order valence-electron chi connectivity index (χ0n) is 12.5. The van der Waals surface area contributed by atoms with Crippen LogP contribution in [0.3, 0.4) is 0 Å². The van der Waals surface area contributed by atoms with Crippen molar-refractivity contribution in [3.05, 3.63) is 58.5 Å². The Morgan fingerprint density at radius 1 is 1.29 bits per heavy atom. The van der Waals surface area contributed by atoms with Crippen LogP contribution in [0.15, 0.2) is 47.1 Å². The number of rotatable bonds is 8. The highest BCUT2D eigenvalue weighted by molar-refractivity contribution is 5.97. The Labute approximate surface area is 136 Å². The molecule has 1 aromatic carbocycles. The van der Waals surface area contributed by atoms with E-state index in [1.54, 1.807) is 12.1 Å². The van der Waals surface area contributed by atoms with Crippen molar-refractivity contribution in [3.63, 3.8) is 0 Å². The first-order valence-electron chi connectivity index (χ1n) is 6.98. The van der Waals surface area contributed by atoms with E-state index in [9.17, 15) is 19.7 Å². The number of carboxylic acids is 1. The van der Waals surface area contributed by atoms with Gasteiger partial charge in [0.15, 0.2) is 0 Å². The van der Waals surface area contributed by atoms with Gasteiger partial charge in [-0.15, -0.1) is 0 Å². The number of benzene rings is 1. The number of nitro groups is 1. The quantitative estimate of drug-likeness (QED) is 0.495. The molecule has 3 N–H and O–H groups in total. The first-order chi connectivity index (χ1) is 11.5. The summed E-state index contributed by atoms with van der Waals surface area (Å²) >= 11 is 0. The van der Waals surface area contributed by atoms with E-state index in [0.717, 1.165) is 0 Å². The van der Waals surface area contributed by atoms with Crippen molar-refractivity contribution in [2.75, 3.05) is 5.32 Å². The summed E-state index contributed by atoms with van der Waals surface area (Å²) in [6, 6.07) is 7.73. The average molecular weight is 333 g/mol. The number of hydrogen-bond donors (Lipinski definition) is 3. The van der Waals surface area contributed by atoms with Gasteiger partial charge in [0.25, 0.3) is 5.69 Å². The molecular formula is C15H15N3O6. The number of non-ortho nitro benzene ring substituents is 1. The highest BCUT2D eigenvalue weighted by atomic mass is 16.6. The number of anilines is 1. The predicted octanol–water partition coefficient (Wildman–Crippen LogP) is 1.76. The van der Waals surface area contributed by atoms with Crippen LogP contribution in [0.2, 0.25) is 0 Å². The number of aliphatic carboxylic acids is 1. The number of nitrogens with one attached hydrogen (secondary N) is 2. The predicted molar refractivity (Wildman–Crippen MR) is 83.3 cm³/mol. The zero-order chi connectivity index (χ0) is 17.5. The molecule has 1 heterocycles. The third-order valence-corrected chi connectivity index (χ3v) is 3.12. The van der Waals surface area contributed by atoms with Gasteiger partial charge in [-0.1, -0.05) is 6.07 Å². The highest BCUT2D eigenvalue weighted by Crippen LogP contribution is 2.17. The third kappa shape index (κ3) is 4.92. The van der Waals surface area contributed by atoms with Crippen LogP contribution in [-0.4, -0.2) is 27.9 Å². The van der Waals surface area contributed by atoms with E-state index in [2.05, 4.69) is 10.6 Å². The van der Waals surface area contributed by atoms with Crippen molar-refractivity contribution in [3.8, 4) is 0 Å². The smallest absolute Gasteiger partial charge is 0.305 e. The maximum Gasteiger partial charge on any atom is 0.305 e. The third-order valence-electron chi connectivity index (χ3n) is 3.12. The first kappa shape index (κ1) is 17.2. The number of nitro benzene ring substituents is 1. The van der Waals surface area contributed by atoms with Crippen LogP contribution >= 0.6 is 0 Å². The molecule has 0 aliphatic heterocycles. The Kier molecular flexibility index (Phi) is 5.63. The maximum atomic E-state index is 12.3. The van der Waals surface area contributed by atoms with E-state index in [1.807, 2.05) is 0 Å². The summed E-state index contributed by atoms with van der Waals surface area (Å²) in [6.45, 7) is 0.174. The molecule has 0 unspecified atom stereocenters. The highest BCUT2D eigenvalue weighted by Gasteiger charge is 2.22. The Morgan fingerprint density at radius 3 is 2.71 bits per heavy atom. The molecule has 0 spiro atoms. The molecule has 2 rings (SSSR count). The van der Waals surface area contributed by atoms with Crippen molar-refractivity contribution in [1.82, 2.24) is 5.32 Å². The Hall–Kier alpha value is -3.20. The number of carbonyl (C=O) groups is 2. The topological polar surface area (TPSA) is 135 Å². The molecule has 1 amide bonds. The van der Waals surface area contributed by atoms with Gasteiger partial charge < -0.3 is 14.8 Å². The fourth-order valence-electron chi connectivity index (χ4n) is 2.00. The van der Waals surface area contributed by atoms with Crippen LogP contribution in [0.25, 0.3) is 0 Å². The minimum Gasteiger partial charge on any atom is -0.481 e. The fraction of sp³-hybridized carbons (Fsp3) is 0.200. The minimum absolute atomic E-state index is 0.174. The van der Waals surface area contributed by atoms with Crippen molar-refractivity contribution in [2.24, 2.45) is 0 Å². The van der Waals surface area contributed by atoms with Gasteiger partial charge in [-0.3, -0.25) is 25.0 Å². The molecule has 0 bridgehead atoms. The molecule has 0 aliphatic carbocycles. The van der Waals surface area contributed by atoms with E-state index in [0.29, 0.717) is 5.76 Å². The van der Waals surface area contributed by atoms with Crippen molar-refractivity contribution in [1.29, 1.82) is 0 Å². The zero-order valence-corrected chi connectivity index (χ0v) is 12.5. The summed E-state index contributed by atoms with van der Waals surface area (Å²) in [7, 11) is 0. The van der Waals surface area contributed by atoms with E-state index in [-0.39, 0.29) is 17.9 Å². The average Bonchev–Trinajstić information content (AvgIpc) is 3.04. The van der Waals surface area contributed by atoms with Gasteiger partial charge in [0.05, 0.1) is 30.2 Å². The van der Waals surface area contributed by atoms with E-state index >= 15 is 0 Å². The lowest BCUT2D eigenvalue weighted by Gasteiger charge is -2.16. The van der Waals surface area contributed by atoms with Crippen LogP contribution in [-0.2, 0) is 16.1 Å². The molecule has 2 aromatic rings. The Morgan fingerprint density at radius 2 is 2.08 bits per heavy atom. The Bertz CT molecular complexity index is 729. The van der Waals surface area contributed by atoms with Gasteiger partial charge in [-0.25, -0.2) is 0 Å². The summed E-state index contributed by atoms with van der Waals surface area (Å²) in [4.78, 5) is 33.4. The van der Waals surface area contributed by atoms with Crippen molar-refractivity contribution in [2.45, 2.75) is 19.0 Å². The molecule has 0 radical (unpaired) electrons. The Balaban J connectivity index is 2.04. The summed E-state index contributed by atoms with van der Waals surface area (Å²) in [5, 5.41) is 24.9. The second kappa shape index (κ2) is 7.88. The van der Waals surface area contributed by atoms with E-state index in [4.69, 9.17) is 9.52 Å². The number of amides is 1. The molecule has 1 atom stereocenters. The fourth-order valence-corrected chi connectivity index (χ4v) is 2.00. The van der Waals surface area contributed by atoms with Gasteiger partial charge in [-0.2, -0.15) is 0 Å². The van der Waals surface area contributed by atoms with Crippen LogP contribution in [0.5, 0.6) is 0 Å². The van der Waals surface area contributed by atoms with Crippen LogP contribution < -0.4 is 10.6 Å². The largest absolute Gasteiger partial charge is 0.481 e. The van der Waals surface area contributed by atoms with Crippen LogP contribution in [0, 0.1) is 10.1 Å². The van der Waals surface area contributed by atoms with Crippen molar-refractivity contribution >= 4 is 23.3 Å². The van der Waals surface area contributed by atoms with Gasteiger partial charge in [0, 0.05) is 17.8 Å². The second-order valence-corrected chi connectivity index (χ2v) is 4.91. The maximum absolute atomic E-state index is 12.3. The lowest BCUT2D eigenvalue weighted by atomic mass is 10.1. The molecule has 0 aliphatic rings. The number of carboxylic acid groups (broad SMARTS) is 1. The van der Waals surface area contributed by atoms with Gasteiger partial charge in [-0.05, 0) is 18.2 Å². The minimum atomic E-state index is -1.15. The van der Waals surface area contributed by atoms with Gasteiger partial charge in [0.1, 0.15) is 5.76 Å². The second-order valence-electron chi connectivity index (χ2n) is 4.91. The summed E-state index contributed by atoms with van der Waals surface area (Å²) < 4.78 is 5.11. The number of carbonyl (C=O) groups excluding carboxylic acids is 1. The number of furan rings is 1. The molecule has 24 heavy (non-hydrogen) atoms. The molecule has 126 valence electrons. The summed E-state index contributed by atoms with van der Waals surface area (Å²) in [6.07, 6.45) is 1.02. The number of hydrogen-bond acceptors (Lipinski definition) is 6. The normalized spacial score (nSPS) is 11.7. The standard InChI is InChI=1S/C15H15N3O6/c19-14(20)8-13(16-9-12-5-2-6-24-12)15(21)17-10-3-1-4-11(7-10)18(22)23/h1-7,13,16H,8-9H2,(H,17,21)(H,19,20)/t13-/m1/s1. The molecule has 9 heteroatoms. The van der Waals surface area contributed by atoms with Gasteiger partial charge in [0.2, 0.25) is 5.91 Å². The molecule has 0 saturated carbocycles. The first-order valence-corrected chi connectivity index (χ1v) is 6.98. The number of nitrogens with zero attached hydrogens (tertiary/aromatic N) is 1. The van der Waals surface area contributed by atoms with E-state index < -0.39 is 29.3 Å². The molecule has 0 saturated heterocycles. The van der Waals surface area contributed by atoms with Crippen molar-refractivity contribution < 1.29 is 24.0 Å². The summed E-state index contributed by atoms with van der Waals surface area (Å²) in [5.74, 6) is -1.21. The molecule has 9 nitrogen and oxygen atoms in total. The lowest BCUT2D eigenvalue weighted by Crippen LogP contribution is -2.41. The molecular weight excluding hydrogens is 318 g/mol. The molecule has 1 aromatic heterocycles. The van der Waals surface area contributed by atoms with E-state index in [1.165, 1.54) is 30.5 Å².